The van der Waals surface area contributed by atoms with Crippen LogP contribution in [0.4, 0.5) is 0 Å². The molecule has 41 heavy (non-hydrogen) atoms. The molecule has 0 spiro atoms. The highest BCUT2D eigenvalue weighted by Gasteiger charge is 2.49. The number of benzene rings is 1. The molecule has 4 rings (SSSR count). The van der Waals surface area contributed by atoms with Gasteiger partial charge in [-0.2, -0.15) is 0 Å². The maximum absolute atomic E-state index is 13.1. The Morgan fingerprint density at radius 2 is 1.90 bits per heavy atom. The van der Waals surface area contributed by atoms with Crippen molar-refractivity contribution in [3.8, 4) is 5.75 Å². The summed E-state index contributed by atoms with van der Waals surface area (Å²) in [6.07, 6.45) is 2.55. The van der Waals surface area contributed by atoms with E-state index in [1.807, 2.05) is 12.1 Å². The molecule has 8 heteroatoms. The van der Waals surface area contributed by atoms with Crippen LogP contribution in [0.15, 0.2) is 47.2 Å². The first kappa shape index (κ1) is 31.1. The van der Waals surface area contributed by atoms with Gasteiger partial charge in [0, 0.05) is 37.2 Å². The molecule has 1 aliphatic carbocycles. The first-order chi connectivity index (χ1) is 19.4. The molecular weight excluding hydrogens is 524 g/mol. The van der Waals surface area contributed by atoms with Crippen molar-refractivity contribution in [2.75, 3.05) is 14.2 Å². The minimum Gasteiger partial charge on any atom is -0.508 e. The number of carbonyl (C=O) groups is 2. The van der Waals surface area contributed by atoms with E-state index in [1.165, 1.54) is 0 Å². The average molecular weight is 571 g/mol. The molecule has 0 saturated carbocycles. The Bertz CT molecular complexity index is 1180. The number of esters is 2. The zero-order chi connectivity index (χ0) is 30.1. The van der Waals surface area contributed by atoms with Crippen LogP contribution in [0, 0.1) is 23.2 Å². The third-order valence-corrected chi connectivity index (χ3v) is 9.03. The van der Waals surface area contributed by atoms with Gasteiger partial charge in [0.1, 0.15) is 29.8 Å². The predicted octanol–water partition coefficient (Wildman–Crippen LogP) is 6.04. The minimum absolute atomic E-state index is 0.0249. The van der Waals surface area contributed by atoms with Crippen LogP contribution in [0.1, 0.15) is 78.9 Å². The van der Waals surface area contributed by atoms with Crippen molar-refractivity contribution >= 4 is 11.9 Å². The summed E-state index contributed by atoms with van der Waals surface area (Å²) in [6, 6.07) is 7.21. The van der Waals surface area contributed by atoms with Crippen molar-refractivity contribution < 1.29 is 38.4 Å². The van der Waals surface area contributed by atoms with E-state index in [4.69, 9.17) is 23.7 Å². The largest absolute Gasteiger partial charge is 0.508 e. The van der Waals surface area contributed by atoms with E-state index in [2.05, 4.69) is 34.6 Å². The van der Waals surface area contributed by atoms with E-state index in [0.29, 0.717) is 0 Å². The first-order valence-corrected chi connectivity index (χ1v) is 14.7. The smallest absolute Gasteiger partial charge is 0.331 e. The molecule has 0 amide bonds. The van der Waals surface area contributed by atoms with Crippen LogP contribution < -0.4 is 0 Å². The van der Waals surface area contributed by atoms with E-state index >= 15 is 0 Å². The average Bonchev–Trinajstić information content (AvgIpc) is 3.22. The van der Waals surface area contributed by atoms with Gasteiger partial charge in [0.05, 0.1) is 18.6 Å². The highest BCUT2D eigenvalue weighted by molar-refractivity contribution is 5.85. The Morgan fingerprint density at radius 3 is 2.51 bits per heavy atom. The minimum atomic E-state index is -0.587. The second-order valence-corrected chi connectivity index (χ2v) is 12.7. The summed E-state index contributed by atoms with van der Waals surface area (Å²) in [6.45, 7) is 12.6. The van der Waals surface area contributed by atoms with Crippen molar-refractivity contribution in [3.05, 3.63) is 52.8 Å². The summed E-state index contributed by atoms with van der Waals surface area (Å²) in [5.41, 5.74) is 2.51. The van der Waals surface area contributed by atoms with Crippen LogP contribution in [0.25, 0.3) is 0 Å². The molecule has 1 aromatic rings. The van der Waals surface area contributed by atoms with Crippen LogP contribution in [-0.2, 0) is 33.3 Å². The number of phenols is 1. The molecular formula is C33H46O8. The standard InChI is InChI=1S/C33H46O8/c1-18(12-13-25(37-7)22-10-9-11-23(34)14-22)30-20(3)31(38-8)29-24(19(2)17-33(5,6)32(29)41-30)15-27(35)40-26-16-28(36)39-21(26)4/h9-11,14-15,18-21,25-26,30-31,34H,12-13,16-17H2,1-8H3/t18-,19+,20+,21+,25-,26+,30+,31+/m0/s1. The van der Waals surface area contributed by atoms with Crippen LogP contribution in [0.5, 0.6) is 5.75 Å². The molecule has 1 saturated heterocycles. The molecule has 0 radical (unpaired) electrons. The zero-order valence-electron chi connectivity index (χ0n) is 25.6. The van der Waals surface area contributed by atoms with Gasteiger partial charge in [-0.3, -0.25) is 4.79 Å². The number of ether oxygens (including phenoxy) is 5. The molecule has 1 fully saturated rings. The lowest BCUT2D eigenvalue weighted by Gasteiger charge is -2.49. The number of hydrogen-bond donors (Lipinski definition) is 1. The van der Waals surface area contributed by atoms with Crippen LogP contribution in [0.3, 0.4) is 0 Å². The second-order valence-electron chi connectivity index (χ2n) is 12.7. The summed E-state index contributed by atoms with van der Waals surface area (Å²) < 4.78 is 29.6. The Labute approximate surface area is 244 Å². The summed E-state index contributed by atoms with van der Waals surface area (Å²) in [5, 5.41) is 9.93. The predicted molar refractivity (Wildman–Crippen MR) is 154 cm³/mol. The van der Waals surface area contributed by atoms with Gasteiger partial charge in [0.25, 0.3) is 0 Å². The van der Waals surface area contributed by atoms with Gasteiger partial charge in [-0.25, -0.2) is 4.79 Å². The van der Waals surface area contributed by atoms with Crippen LogP contribution >= 0.6 is 0 Å². The van der Waals surface area contributed by atoms with Gasteiger partial charge < -0.3 is 28.8 Å². The van der Waals surface area contributed by atoms with E-state index in [1.54, 1.807) is 39.4 Å². The van der Waals surface area contributed by atoms with E-state index in [9.17, 15) is 14.7 Å². The fourth-order valence-electron chi connectivity index (χ4n) is 6.94. The summed E-state index contributed by atoms with van der Waals surface area (Å²) in [7, 11) is 3.41. The second kappa shape index (κ2) is 12.6. The van der Waals surface area contributed by atoms with Crippen molar-refractivity contribution in [1.29, 1.82) is 0 Å². The topological polar surface area (TPSA) is 101 Å². The Morgan fingerprint density at radius 1 is 1.17 bits per heavy atom. The molecule has 2 aliphatic heterocycles. The van der Waals surface area contributed by atoms with Crippen molar-refractivity contribution in [2.24, 2.45) is 23.2 Å². The number of carbonyl (C=O) groups excluding carboxylic acids is 2. The number of allylic oxidation sites excluding steroid dienone is 1. The molecule has 2 heterocycles. The molecule has 0 bridgehead atoms. The molecule has 226 valence electrons. The number of aromatic hydroxyl groups is 1. The number of cyclic esters (lactones) is 1. The Balaban J connectivity index is 1.58. The Hall–Kier alpha value is -2.84. The maximum Gasteiger partial charge on any atom is 0.331 e. The van der Waals surface area contributed by atoms with Crippen molar-refractivity contribution in [2.45, 2.75) is 97.7 Å². The van der Waals surface area contributed by atoms with E-state index in [-0.39, 0.29) is 59.6 Å². The SMILES string of the molecule is CO[C@@H](CC[C@H](C)[C@H]1OC2=C(C(=CC(=O)O[C@@H]3CC(=O)O[C@@H]3C)[C@H](C)CC2(C)C)[C@H](OC)[C@@H]1C)c1cccc(O)c1. The highest BCUT2D eigenvalue weighted by atomic mass is 16.6. The maximum atomic E-state index is 13.1. The number of hydrogen-bond acceptors (Lipinski definition) is 8. The monoisotopic (exact) mass is 570 g/mol. The lowest BCUT2D eigenvalue weighted by Crippen LogP contribution is -2.47. The van der Waals surface area contributed by atoms with Gasteiger partial charge in [-0.15, -0.1) is 0 Å². The number of phenolic OH excluding ortho intramolecular Hbond substituents is 1. The normalized spacial score (nSPS) is 31.7. The fourth-order valence-corrected chi connectivity index (χ4v) is 6.94. The third-order valence-electron chi connectivity index (χ3n) is 9.03. The highest BCUT2D eigenvalue weighted by Crippen LogP contribution is 2.52. The zero-order valence-corrected chi connectivity index (χ0v) is 25.6. The van der Waals surface area contributed by atoms with Crippen molar-refractivity contribution in [3.63, 3.8) is 0 Å². The molecule has 0 aromatic heterocycles. The van der Waals surface area contributed by atoms with E-state index in [0.717, 1.165) is 41.7 Å². The Kier molecular flexibility index (Phi) is 9.54. The van der Waals surface area contributed by atoms with Gasteiger partial charge in [0.2, 0.25) is 0 Å². The van der Waals surface area contributed by atoms with Crippen molar-refractivity contribution in [1.82, 2.24) is 0 Å². The quantitative estimate of drug-likeness (QED) is 0.283. The summed E-state index contributed by atoms with van der Waals surface area (Å²) in [4.78, 5) is 24.7. The molecule has 8 nitrogen and oxygen atoms in total. The molecule has 8 atom stereocenters. The van der Waals surface area contributed by atoms with Gasteiger partial charge in [-0.05, 0) is 61.3 Å². The third kappa shape index (κ3) is 6.64. The number of methoxy groups -OCH3 is 2. The summed E-state index contributed by atoms with van der Waals surface area (Å²) in [5.74, 6) is 0.573. The van der Waals surface area contributed by atoms with Crippen LogP contribution in [0.2, 0.25) is 0 Å². The lowest BCUT2D eigenvalue weighted by molar-refractivity contribution is -0.147. The first-order valence-electron chi connectivity index (χ1n) is 14.7. The summed E-state index contributed by atoms with van der Waals surface area (Å²) >= 11 is 0. The van der Waals surface area contributed by atoms with Gasteiger partial charge in [-0.1, -0.05) is 46.8 Å². The molecule has 3 aliphatic rings. The van der Waals surface area contributed by atoms with Crippen LogP contribution in [-0.4, -0.2) is 55.7 Å². The molecule has 1 N–H and O–H groups in total. The fraction of sp³-hybridized carbons (Fsp3) is 0.636. The molecule has 0 unspecified atom stereocenters. The lowest BCUT2D eigenvalue weighted by atomic mass is 9.65. The van der Waals surface area contributed by atoms with Gasteiger partial charge in [0.15, 0.2) is 0 Å². The molecule has 1 aromatic carbocycles. The van der Waals surface area contributed by atoms with E-state index < -0.39 is 18.2 Å². The number of rotatable bonds is 9. The van der Waals surface area contributed by atoms with Gasteiger partial charge >= 0.3 is 11.9 Å².